The lowest BCUT2D eigenvalue weighted by molar-refractivity contribution is -0.176. The quantitative estimate of drug-likeness (QED) is 0.344. The minimum absolute atomic E-state index is 0.0484. The molecule has 13 heteroatoms. The van der Waals surface area contributed by atoms with Crippen LogP contribution in [-0.4, -0.2) is 72.1 Å². The van der Waals surface area contributed by atoms with Gasteiger partial charge in [-0.25, -0.2) is 4.39 Å². The maximum absolute atomic E-state index is 15.0. The second kappa shape index (κ2) is 9.85. The van der Waals surface area contributed by atoms with Crippen molar-refractivity contribution in [1.82, 2.24) is 20.9 Å². The highest BCUT2D eigenvalue weighted by molar-refractivity contribution is 5.94. The number of fused-ring (bicyclic) bond motifs is 5. The number of rotatable bonds is 6. The lowest BCUT2D eigenvalue weighted by Crippen LogP contribution is -2.60. The molecule has 38 heavy (non-hydrogen) atoms. The van der Waals surface area contributed by atoms with Crippen molar-refractivity contribution in [3.63, 3.8) is 0 Å². The molecule has 0 aromatic heterocycles. The van der Waals surface area contributed by atoms with Gasteiger partial charge >= 0.3 is 12.1 Å². The first-order valence-electron chi connectivity index (χ1n) is 12.6. The van der Waals surface area contributed by atoms with Crippen LogP contribution >= 0.6 is 0 Å². The van der Waals surface area contributed by atoms with Gasteiger partial charge in [0.15, 0.2) is 0 Å². The summed E-state index contributed by atoms with van der Waals surface area (Å²) in [5.41, 5.74) is -1.15. The van der Waals surface area contributed by atoms with E-state index in [9.17, 15) is 42.0 Å². The molecule has 2 bridgehead atoms. The van der Waals surface area contributed by atoms with Crippen LogP contribution in [0, 0.1) is 46.3 Å². The Balaban J connectivity index is 1.61. The van der Waals surface area contributed by atoms with E-state index >= 15 is 0 Å². The smallest absolute Gasteiger partial charge is 0.356 e. The molecular weight excluding hydrogens is 510 g/mol. The number of nitriles is 1. The Labute approximate surface area is 217 Å². The Morgan fingerprint density at radius 3 is 2.39 bits per heavy atom. The molecule has 1 saturated carbocycles. The molecule has 2 heterocycles. The van der Waals surface area contributed by atoms with E-state index in [0.29, 0.717) is 13.0 Å². The standard InChI is InChI=1S/C25H31F4N5O4/c1-24(2,3)19(33-23(38)25(27,28)29)22(37)34-10-15-13-4-5-14(17(13)26)16(15)18(34)21(36)32-12(9-30)8-11-6-7-31-20(11)35/h4-5,11-19H,6-8,10H2,1-3H3,(H,31,35)(H,32,36)(H,33,38)/t11-,12-,13-,14+,15+,16-,17-,18-,19+/m0/s1. The van der Waals surface area contributed by atoms with Gasteiger partial charge in [0.1, 0.15) is 24.3 Å². The predicted octanol–water partition coefficient (Wildman–Crippen LogP) is 1.21. The van der Waals surface area contributed by atoms with Gasteiger partial charge in [0.05, 0.1) is 6.07 Å². The number of nitrogens with zero attached hydrogens (tertiary/aromatic N) is 2. The Morgan fingerprint density at radius 1 is 1.18 bits per heavy atom. The second-order valence-corrected chi connectivity index (χ2v) is 11.6. The fourth-order valence-corrected chi connectivity index (χ4v) is 6.35. The number of halogens is 4. The van der Waals surface area contributed by atoms with Gasteiger partial charge in [0, 0.05) is 36.8 Å². The maximum atomic E-state index is 15.0. The summed E-state index contributed by atoms with van der Waals surface area (Å²) in [6, 6.07) is -1.99. The molecule has 2 saturated heterocycles. The summed E-state index contributed by atoms with van der Waals surface area (Å²) in [6.07, 6.45) is -2.58. The third-order valence-corrected chi connectivity index (χ3v) is 8.19. The summed E-state index contributed by atoms with van der Waals surface area (Å²) < 4.78 is 54.1. The Bertz CT molecular complexity index is 1080. The summed E-state index contributed by atoms with van der Waals surface area (Å²) in [5, 5.41) is 16.7. The molecule has 0 radical (unpaired) electrons. The topological polar surface area (TPSA) is 131 Å². The van der Waals surface area contributed by atoms with Crippen LogP contribution in [0.1, 0.15) is 33.6 Å². The van der Waals surface area contributed by atoms with Crippen LogP contribution in [0.4, 0.5) is 17.6 Å². The van der Waals surface area contributed by atoms with Crippen LogP contribution in [0.15, 0.2) is 12.2 Å². The molecule has 3 fully saturated rings. The summed E-state index contributed by atoms with van der Waals surface area (Å²) >= 11 is 0. The van der Waals surface area contributed by atoms with Gasteiger partial charge in [-0.3, -0.25) is 19.2 Å². The Kier molecular flexibility index (Phi) is 7.22. The van der Waals surface area contributed by atoms with Crippen LogP contribution in [-0.2, 0) is 19.2 Å². The third-order valence-electron chi connectivity index (χ3n) is 8.19. The first kappa shape index (κ1) is 27.9. The van der Waals surface area contributed by atoms with Crippen molar-refractivity contribution >= 4 is 23.6 Å². The highest BCUT2D eigenvalue weighted by Crippen LogP contribution is 2.55. The second-order valence-electron chi connectivity index (χ2n) is 11.6. The van der Waals surface area contributed by atoms with Crippen molar-refractivity contribution in [3.05, 3.63) is 12.2 Å². The molecule has 4 rings (SSSR count). The number of hydrogen-bond acceptors (Lipinski definition) is 5. The first-order valence-corrected chi connectivity index (χ1v) is 12.6. The fourth-order valence-electron chi connectivity index (χ4n) is 6.35. The molecule has 2 aliphatic heterocycles. The first-order chi connectivity index (χ1) is 17.6. The van der Waals surface area contributed by atoms with Crippen LogP contribution in [0.25, 0.3) is 0 Å². The number of allylic oxidation sites excluding steroid dienone is 2. The van der Waals surface area contributed by atoms with Crippen molar-refractivity contribution in [3.8, 4) is 6.07 Å². The maximum Gasteiger partial charge on any atom is 0.471 e. The van der Waals surface area contributed by atoms with Crippen molar-refractivity contribution < 1.29 is 36.7 Å². The number of nitrogens with one attached hydrogen (secondary N) is 3. The molecule has 9 nitrogen and oxygen atoms in total. The fraction of sp³-hybridized carbons (Fsp3) is 0.720. The van der Waals surface area contributed by atoms with E-state index in [-0.39, 0.29) is 18.9 Å². The lowest BCUT2D eigenvalue weighted by atomic mass is 9.81. The number of carbonyl (C=O) groups excluding carboxylic acids is 4. The summed E-state index contributed by atoms with van der Waals surface area (Å²) in [6.45, 7) is 4.83. The zero-order valence-corrected chi connectivity index (χ0v) is 21.2. The van der Waals surface area contributed by atoms with E-state index in [0.717, 1.165) is 4.90 Å². The molecule has 3 N–H and O–H groups in total. The summed E-state index contributed by atoms with van der Waals surface area (Å²) in [4.78, 5) is 52.2. The minimum Gasteiger partial charge on any atom is -0.356 e. The third kappa shape index (κ3) is 4.97. The zero-order valence-electron chi connectivity index (χ0n) is 21.2. The van der Waals surface area contributed by atoms with Crippen molar-refractivity contribution in [2.75, 3.05) is 13.1 Å². The highest BCUT2D eigenvalue weighted by Gasteiger charge is 2.63. The van der Waals surface area contributed by atoms with Gasteiger partial charge in [0.2, 0.25) is 17.7 Å². The van der Waals surface area contributed by atoms with Crippen molar-refractivity contribution in [2.45, 2.75) is 64.1 Å². The predicted molar refractivity (Wildman–Crippen MR) is 124 cm³/mol. The van der Waals surface area contributed by atoms with E-state index in [1.54, 1.807) is 17.5 Å². The number of alkyl halides is 4. The molecule has 4 aliphatic rings. The molecule has 0 unspecified atom stereocenters. The van der Waals surface area contributed by atoms with E-state index in [2.05, 4.69) is 10.6 Å². The average Bonchev–Trinajstić information content (AvgIpc) is 3.56. The van der Waals surface area contributed by atoms with Crippen LogP contribution in [0.3, 0.4) is 0 Å². The molecule has 208 valence electrons. The van der Waals surface area contributed by atoms with Crippen LogP contribution in [0.2, 0.25) is 0 Å². The number of likely N-dealkylation sites (tertiary alicyclic amines) is 1. The Hall–Kier alpha value is -3.17. The van der Waals surface area contributed by atoms with Gasteiger partial charge in [-0.2, -0.15) is 18.4 Å². The SMILES string of the molecule is CC(C)(C)[C@H](NC(=O)C(F)(F)F)C(=O)N1C[C@@H]2[C@@H]3C=C[C@@H]([C@H]3F)[C@@H]2[C@H]1C(=O)N[C@H](C#N)C[C@@H]1CCNC1=O. The van der Waals surface area contributed by atoms with E-state index in [1.165, 1.54) is 20.8 Å². The molecule has 0 aromatic rings. The van der Waals surface area contributed by atoms with E-state index in [4.69, 9.17) is 0 Å². The van der Waals surface area contributed by atoms with Gasteiger partial charge in [0.25, 0.3) is 0 Å². The van der Waals surface area contributed by atoms with Gasteiger partial charge in [-0.05, 0) is 24.2 Å². The van der Waals surface area contributed by atoms with E-state index < -0.39 is 83.2 Å². The van der Waals surface area contributed by atoms with Crippen molar-refractivity contribution in [2.24, 2.45) is 35.0 Å². The summed E-state index contributed by atoms with van der Waals surface area (Å²) in [7, 11) is 0. The van der Waals surface area contributed by atoms with Crippen molar-refractivity contribution in [1.29, 1.82) is 5.26 Å². The van der Waals surface area contributed by atoms with Crippen LogP contribution < -0.4 is 16.0 Å². The average molecular weight is 542 g/mol. The van der Waals surface area contributed by atoms with Crippen LogP contribution in [0.5, 0.6) is 0 Å². The number of carbonyl (C=O) groups is 4. The van der Waals surface area contributed by atoms with Gasteiger partial charge in [-0.1, -0.05) is 32.9 Å². The molecule has 2 aliphatic carbocycles. The molecule has 9 atom stereocenters. The zero-order chi connectivity index (χ0) is 28.2. The normalized spacial score (nSPS) is 33.4. The van der Waals surface area contributed by atoms with Gasteiger partial charge in [-0.15, -0.1) is 0 Å². The monoisotopic (exact) mass is 541 g/mol. The largest absolute Gasteiger partial charge is 0.471 e. The molecular formula is C25H31F4N5O4. The minimum atomic E-state index is -5.22. The Morgan fingerprint density at radius 2 is 1.84 bits per heavy atom. The van der Waals surface area contributed by atoms with E-state index in [1.807, 2.05) is 6.07 Å². The number of hydrogen-bond donors (Lipinski definition) is 3. The summed E-state index contributed by atoms with van der Waals surface area (Å²) in [5.74, 6) is -6.92. The molecule has 0 spiro atoms. The molecule has 4 amide bonds. The number of amides is 4. The lowest BCUT2D eigenvalue weighted by Gasteiger charge is -2.37. The molecule has 0 aromatic carbocycles. The van der Waals surface area contributed by atoms with Gasteiger partial charge < -0.3 is 20.9 Å². The highest BCUT2D eigenvalue weighted by atomic mass is 19.4.